The lowest BCUT2D eigenvalue weighted by atomic mass is 10.1. The highest BCUT2D eigenvalue weighted by Crippen LogP contribution is 2.15. The monoisotopic (exact) mass is 318 g/mol. The summed E-state index contributed by atoms with van der Waals surface area (Å²) in [5.74, 6) is 0.0388. The maximum atomic E-state index is 12.3. The van der Waals surface area contributed by atoms with E-state index in [1.165, 1.54) is 12.8 Å². The number of unbranched alkanes of at least 4 members (excludes halogenated alkanes) is 3. The van der Waals surface area contributed by atoms with E-state index in [0.29, 0.717) is 26.2 Å². The van der Waals surface area contributed by atoms with Crippen molar-refractivity contribution in [3.63, 3.8) is 0 Å². The van der Waals surface area contributed by atoms with Crippen molar-refractivity contribution in [2.45, 2.75) is 39.2 Å². The zero-order valence-electron chi connectivity index (χ0n) is 14.1. The van der Waals surface area contributed by atoms with Crippen LogP contribution in [0.2, 0.25) is 0 Å². The second kappa shape index (κ2) is 8.56. The van der Waals surface area contributed by atoms with Crippen molar-refractivity contribution in [3.8, 4) is 5.75 Å². The third-order valence-corrected chi connectivity index (χ3v) is 4.21. The van der Waals surface area contributed by atoms with Crippen molar-refractivity contribution in [1.82, 2.24) is 9.80 Å². The molecule has 1 saturated heterocycles. The maximum Gasteiger partial charge on any atom is 0.312 e. The van der Waals surface area contributed by atoms with Crippen LogP contribution in [0.5, 0.6) is 5.75 Å². The van der Waals surface area contributed by atoms with Gasteiger partial charge >= 0.3 is 11.8 Å². The summed E-state index contributed by atoms with van der Waals surface area (Å²) in [5, 5.41) is 0. The van der Waals surface area contributed by atoms with Gasteiger partial charge in [-0.1, -0.05) is 38.3 Å². The Labute approximate surface area is 138 Å². The Morgan fingerprint density at radius 2 is 1.61 bits per heavy atom. The molecule has 0 aromatic heterocycles. The van der Waals surface area contributed by atoms with Gasteiger partial charge in [-0.3, -0.25) is 9.59 Å². The Hall–Kier alpha value is -2.04. The second-order valence-electron chi connectivity index (χ2n) is 5.93. The highest BCUT2D eigenvalue weighted by molar-refractivity contribution is 6.35. The topological polar surface area (TPSA) is 49.9 Å². The second-order valence-corrected chi connectivity index (χ2v) is 5.93. The minimum absolute atomic E-state index is 0.360. The molecular weight excluding hydrogens is 292 g/mol. The van der Waals surface area contributed by atoms with Crippen molar-refractivity contribution in [3.05, 3.63) is 29.8 Å². The van der Waals surface area contributed by atoms with Crippen molar-refractivity contribution < 1.29 is 14.3 Å². The molecule has 0 N–H and O–H groups in total. The molecule has 1 aromatic rings. The van der Waals surface area contributed by atoms with Gasteiger partial charge in [0.05, 0.1) is 7.11 Å². The Bertz CT molecular complexity index is 528. The number of carbonyl (C=O) groups excluding carboxylic acids is 2. The van der Waals surface area contributed by atoms with Gasteiger partial charge in [0.25, 0.3) is 0 Å². The molecule has 1 aromatic carbocycles. The van der Waals surface area contributed by atoms with E-state index in [2.05, 4.69) is 6.92 Å². The fourth-order valence-corrected chi connectivity index (χ4v) is 2.76. The van der Waals surface area contributed by atoms with Crippen molar-refractivity contribution in [1.29, 1.82) is 0 Å². The van der Waals surface area contributed by atoms with Gasteiger partial charge in [-0.05, 0) is 24.1 Å². The van der Waals surface area contributed by atoms with E-state index < -0.39 is 0 Å². The molecular formula is C18H26N2O3. The van der Waals surface area contributed by atoms with Gasteiger partial charge in [0, 0.05) is 26.2 Å². The Balaban J connectivity index is 1.86. The SMILES string of the molecule is CCCCCCN1CCN(Cc2ccc(OC)cc2)C(=O)C1=O. The number of piperazine rings is 1. The van der Waals surface area contributed by atoms with Crippen LogP contribution in [0, 0.1) is 0 Å². The van der Waals surface area contributed by atoms with Crippen LogP contribution in [0.3, 0.4) is 0 Å². The molecule has 0 saturated carbocycles. The number of benzene rings is 1. The summed E-state index contributed by atoms with van der Waals surface area (Å²) in [7, 11) is 1.62. The first-order chi connectivity index (χ1) is 11.2. The zero-order chi connectivity index (χ0) is 16.7. The van der Waals surface area contributed by atoms with E-state index in [0.717, 1.165) is 24.2 Å². The predicted octanol–water partition coefficient (Wildman–Crippen LogP) is 2.45. The lowest BCUT2D eigenvalue weighted by Crippen LogP contribution is -2.54. The van der Waals surface area contributed by atoms with Crippen LogP contribution >= 0.6 is 0 Å². The normalized spacial score (nSPS) is 15.2. The van der Waals surface area contributed by atoms with Crippen LogP contribution < -0.4 is 4.74 Å². The fraction of sp³-hybridized carbons (Fsp3) is 0.556. The first-order valence-electron chi connectivity index (χ1n) is 8.36. The highest BCUT2D eigenvalue weighted by atomic mass is 16.5. The number of hydrogen-bond acceptors (Lipinski definition) is 3. The first kappa shape index (κ1) is 17.3. The van der Waals surface area contributed by atoms with Gasteiger partial charge in [0.1, 0.15) is 5.75 Å². The van der Waals surface area contributed by atoms with Crippen LogP contribution in [-0.2, 0) is 16.1 Å². The van der Waals surface area contributed by atoms with Crippen molar-refractivity contribution in [2.24, 2.45) is 0 Å². The number of nitrogens with zero attached hydrogens (tertiary/aromatic N) is 2. The lowest BCUT2D eigenvalue weighted by molar-refractivity contribution is -0.156. The van der Waals surface area contributed by atoms with E-state index in [4.69, 9.17) is 4.74 Å². The molecule has 0 aliphatic carbocycles. The predicted molar refractivity (Wildman–Crippen MR) is 89.1 cm³/mol. The number of methoxy groups -OCH3 is 1. The van der Waals surface area contributed by atoms with Gasteiger partial charge in [-0.2, -0.15) is 0 Å². The summed E-state index contributed by atoms with van der Waals surface area (Å²) >= 11 is 0. The molecule has 1 aliphatic rings. The van der Waals surface area contributed by atoms with Crippen LogP contribution in [0.4, 0.5) is 0 Å². The smallest absolute Gasteiger partial charge is 0.312 e. The minimum atomic E-state index is -0.387. The summed E-state index contributed by atoms with van der Waals surface area (Å²) in [6.07, 6.45) is 4.44. The lowest BCUT2D eigenvalue weighted by Gasteiger charge is -2.33. The summed E-state index contributed by atoms with van der Waals surface area (Å²) in [6, 6.07) is 7.58. The summed E-state index contributed by atoms with van der Waals surface area (Å²) < 4.78 is 5.12. The Morgan fingerprint density at radius 3 is 2.26 bits per heavy atom. The van der Waals surface area contributed by atoms with E-state index in [-0.39, 0.29) is 11.8 Å². The summed E-state index contributed by atoms with van der Waals surface area (Å²) in [4.78, 5) is 27.8. The molecule has 0 bridgehead atoms. The molecule has 0 radical (unpaired) electrons. The van der Waals surface area contributed by atoms with Crippen molar-refractivity contribution >= 4 is 11.8 Å². The molecule has 0 unspecified atom stereocenters. The number of rotatable bonds is 8. The van der Waals surface area contributed by atoms with Crippen LogP contribution in [0.15, 0.2) is 24.3 Å². The minimum Gasteiger partial charge on any atom is -0.497 e. The average molecular weight is 318 g/mol. The van der Waals surface area contributed by atoms with Gasteiger partial charge in [-0.25, -0.2) is 0 Å². The maximum absolute atomic E-state index is 12.3. The molecule has 0 atom stereocenters. The van der Waals surface area contributed by atoms with E-state index >= 15 is 0 Å². The van der Waals surface area contributed by atoms with Crippen LogP contribution in [0.25, 0.3) is 0 Å². The third-order valence-electron chi connectivity index (χ3n) is 4.21. The molecule has 1 aliphatic heterocycles. The van der Waals surface area contributed by atoms with E-state index in [1.807, 2.05) is 24.3 Å². The molecule has 5 nitrogen and oxygen atoms in total. The fourth-order valence-electron chi connectivity index (χ4n) is 2.76. The average Bonchev–Trinajstić information content (AvgIpc) is 2.58. The number of carbonyl (C=O) groups is 2. The molecule has 1 fully saturated rings. The molecule has 5 heteroatoms. The summed E-state index contributed by atoms with van der Waals surface area (Å²) in [5.41, 5.74) is 1.00. The number of hydrogen-bond donors (Lipinski definition) is 0. The standard InChI is InChI=1S/C18H26N2O3/c1-3-4-5-6-11-19-12-13-20(18(22)17(19)21)14-15-7-9-16(23-2)10-8-15/h7-10H,3-6,11-14H2,1-2H3. The van der Waals surface area contributed by atoms with E-state index in [1.54, 1.807) is 16.9 Å². The van der Waals surface area contributed by atoms with E-state index in [9.17, 15) is 9.59 Å². The molecule has 1 heterocycles. The number of amides is 2. The molecule has 0 spiro atoms. The van der Waals surface area contributed by atoms with Crippen LogP contribution in [0.1, 0.15) is 38.2 Å². The number of ether oxygens (including phenoxy) is 1. The Kier molecular flexibility index (Phi) is 6.44. The van der Waals surface area contributed by atoms with Gasteiger partial charge in [0.15, 0.2) is 0 Å². The molecule has 23 heavy (non-hydrogen) atoms. The van der Waals surface area contributed by atoms with Gasteiger partial charge < -0.3 is 14.5 Å². The first-order valence-corrected chi connectivity index (χ1v) is 8.36. The van der Waals surface area contributed by atoms with Gasteiger partial charge in [0.2, 0.25) is 0 Å². The highest BCUT2D eigenvalue weighted by Gasteiger charge is 2.31. The largest absolute Gasteiger partial charge is 0.497 e. The molecule has 126 valence electrons. The zero-order valence-corrected chi connectivity index (χ0v) is 14.1. The van der Waals surface area contributed by atoms with Gasteiger partial charge in [-0.15, -0.1) is 0 Å². The quantitative estimate of drug-likeness (QED) is 0.546. The molecule has 2 amide bonds. The van der Waals surface area contributed by atoms with Crippen molar-refractivity contribution in [2.75, 3.05) is 26.7 Å². The third kappa shape index (κ3) is 4.71. The molecule has 2 rings (SSSR count). The summed E-state index contributed by atoms with van der Waals surface area (Å²) in [6.45, 7) is 4.56. The van der Waals surface area contributed by atoms with Crippen LogP contribution in [-0.4, -0.2) is 48.4 Å². The Morgan fingerprint density at radius 1 is 0.957 bits per heavy atom.